The third kappa shape index (κ3) is 3.31. The summed E-state index contributed by atoms with van der Waals surface area (Å²) in [7, 11) is 0. The summed E-state index contributed by atoms with van der Waals surface area (Å²) in [6.07, 6.45) is -1.69. The van der Waals surface area contributed by atoms with Crippen molar-refractivity contribution in [3.63, 3.8) is 0 Å². The fourth-order valence-corrected chi connectivity index (χ4v) is 5.46. The summed E-state index contributed by atoms with van der Waals surface area (Å²) in [6.45, 7) is 7.63. The van der Waals surface area contributed by atoms with Crippen molar-refractivity contribution in [3.8, 4) is 10.6 Å². The first-order valence-corrected chi connectivity index (χ1v) is 10.8. The summed E-state index contributed by atoms with van der Waals surface area (Å²) in [5, 5.41) is 0.767. The zero-order chi connectivity index (χ0) is 21.8. The third-order valence-electron chi connectivity index (χ3n) is 5.82. The number of benzene rings is 1. The van der Waals surface area contributed by atoms with Gasteiger partial charge >= 0.3 is 6.18 Å². The van der Waals surface area contributed by atoms with Gasteiger partial charge in [0.1, 0.15) is 11.5 Å². The Morgan fingerprint density at radius 2 is 1.90 bits per heavy atom. The van der Waals surface area contributed by atoms with Gasteiger partial charge in [0.2, 0.25) is 0 Å². The molecule has 3 aromatic rings. The number of nitrogens with zero attached hydrogens (tertiary/aromatic N) is 2. The Balaban J connectivity index is 1.95. The number of halogens is 4. The quantitative estimate of drug-likeness (QED) is 0.454. The maximum absolute atomic E-state index is 13.8. The van der Waals surface area contributed by atoms with E-state index in [1.807, 2.05) is 20.8 Å². The average Bonchev–Trinajstić information content (AvgIpc) is 3.18. The smallest absolute Gasteiger partial charge is 0.308 e. The highest BCUT2D eigenvalue weighted by atomic mass is 32.1. The summed E-state index contributed by atoms with van der Waals surface area (Å²) < 4.78 is 57.3. The van der Waals surface area contributed by atoms with Crippen molar-refractivity contribution in [2.24, 2.45) is 5.92 Å². The van der Waals surface area contributed by atoms with E-state index in [4.69, 9.17) is 0 Å². The Bertz CT molecular complexity index is 1140. The molecule has 30 heavy (non-hydrogen) atoms. The molecule has 1 aromatic carbocycles. The summed E-state index contributed by atoms with van der Waals surface area (Å²) in [5.41, 5.74) is 5.34. The number of rotatable bonds is 4. The predicted molar refractivity (Wildman–Crippen MR) is 114 cm³/mol. The molecule has 0 bridgehead atoms. The molecule has 8 heteroatoms. The topological polar surface area (TPSA) is 29.9 Å². The van der Waals surface area contributed by atoms with Gasteiger partial charge in [-0.25, -0.2) is 14.1 Å². The van der Waals surface area contributed by atoms with Gasteiger partial charge in [-0.1, -0.05) is 13.8 Å². The molecule has 0 radical (unpaired) electrons. The van der Waals surface area contributed by atoms with Crippen LogP contribution in [0.15, 0.2) is 24.3 Å². The lowest BCUT2D eigenvalue weighted by molar-refractivity contribution is -0.134. The second-order valence-electron chi connectivity index (χ2n) is 7.69. The van der Waals surface area contributed by atoms with E-state index in [2.05, 4.69) is 10.4 Å². The minimum absolute atomic E-state index is 0.0112. The van der Waals surface area contributed by atoms with E-state index in [0.717, 1.165) is 33.4 Å². The van der Waals surface area contributed by atoms with Crippen LogP contribution in [-0.4, -0.2) is 21.9 Å². The van der Waals surface area contributed by atoms with Crippen LogP contribution in [0, 0.1) is 25.6 Å². The molecule has 0 saturated heterocycles. The molecular weight excluding hydrogens is 414 g/mol. The molecule has 3 nitrogen and oxygen atoms in total. The van der Waals surface area contributed by atoms with Gasteiger partial charge in [0.05, 0.1) is 10.6 Å². The Labute approximate surface area is 176 Å². The molecule has 0 fully saturated rings. The van der Waals surface area contributed by atoms with Crippen LogP contribution in [0.3, 0.4) is 0 Å². The first kappa shape index (κ1) is 20.9. The molecule has 1 unspecified atom stereocenters. The number of allylic oxidation sites excluding steroid dienone is 1. The van der Waals surface area contributed by atoms with E-state index in [-0.39, 0.29) is 11.7 Å². The number of imidazole rings is 1. The molecule has 3 heterocycles. The van der Waals surface area contributed by atoms with Crippen LogP contribution in [-0.2, 0) is 0 Å². The van der Waals surface area contributed by atoms with Crippen LogP contribution in [0.2, 0.25) is 0 Å². The molecule has 1 atom stereocenters. The summed E-state index contributed by atoms with van der Waals surface area (Å²) in [4.78, 5) is 5.47. The molecular formula is C22H23F4N3S. The van der Waals surface area contributed by atoms with Gasteiger partial charge in [-0.05, 0) is 73.4 Å². The average molecular weight is 438 g/mol. The van der Waals surface area contributed by atoms with Crippen molar-refractivity contribution in [2.45, 2.75) is 52.8 Å². The van der Waals surface area contributed by atoms with E-state index in [0.29, 0.717) is 22.8 Å². The lowest BCUT2D eigenvalue weighted by Crippen LogP contribution is -2.43. The molecule has 1 aliphatic rings. The minimum atomic E-state index is -4.43. The lowest BCUT2D eigenvalue weighted by atomic mass is 9.90. The van der Waals surface area contributed by atoms with Crippen molar-refractivity contribution in [1.29, 1.82) is 0 Å². The van der Waals surface area contributed by atoms with Gasteiger partial charge in [-0.15, -0.1) is 11.3 Å². The van der Waals surface area contributed by atoms with Crippen LogP contribution < -0.4 is 5.43 Å². The highest BCUT2D eigenvalue weighted by molar-refractivity contribution is 7.22. The van der Waals surface area contributed by atoms with E-state index < -0.39 is 12.2 Å². The number of aryl methyl sites for hydroxylation is 2. The van der Waals surface area contributed by atoms with Crippen LogP contribution in [0.25, 0.3) is 26.2 Å². The summed E-state index contributed by atoms with van der Waals surface area (Å²) in [5.74, 6) is 0.180. The molecule has 1 N–H and O–H groups in total. The van der Waals surface area contributed by atoms with Gasteiger partial charge in [-0.2, -0.15) is 13.2 Å². The first-order chi connectivity index (χ1) is 14.2. The van der Waals surface area contributed by atoms with Crippen LogP contribution in [0.1, 0.15) is 43.8 Å². The normalized spacial score (nSPS) is 16.7. The van der Waals surface area contributed by atoms with Crippen molar-refractivity contribution in [3.05, 3.63) is 47.2 Å². The van der Waals surface area contributed by atoms with Gasteiger partial charge in [0, 0.05) is 4.70 Å². The Morgan fingerprint density at radius 3 is 2.53 bits per heavy atom. The largest absolute Gasteiger partial charge is 0.413 e. The predicted octanol–water partition coefficient (Wildman–Crippen LogP) is 6.83. The number of hydrogen-bond donors (Lipinski definition) is 1. The number of alkyl halides is 3. The number of nitrogens with one attached hydrogen (secondary N) is 1. The lowest BCUT2D eigenvalue weighted by Gasteiger charge is -2.30. The maximum atomic E-state index is 13.8. The third-order valence-corrected chi connectivity index (χ3v) is 7.10. The fourth-order valence-electron chi connectivity index (χ4n) is 4.18. The number of aromatic nitrogens is 2. The number of thiophene rings is 1. The van der Waals surface area contributed by atoms with Crippen LogP contribution in [0.4, 0.5) is 17.6 Å². The van der Waals surface area contributed by atoms with Crippen LogP contribution >= 0.6 is 11.3 Å². The standard InChI is InChI=1S/C22H23F4N3S/c1-5-13(6-2)16-10-18(22(24,25)26)28-29-19(12(4)27-21(16)29)20-11(3)15-9-14(23)7-8-17(15)30-20/h7-10,13,18,28H,5-6H2,1-4H3. The molecule has 1 aliphatic heterocycles. The van der Waals surface area contributed by atoms with Gasteiger partial charge in [-0.3, -0.25) is 0 Å². The highest BCUT2D eigenvalue weighted by Crippen LogP contribution is 2.43. The maximum Gasteiger partial charge on any atom is 0.413 e. The molecule has 0 saturated carbocycles. The van der Waals surface area contributed by atoms with Crippen molar-refractivity contribution in [1.82, 2.24) is 9.66 Å². The van der Waals surface area contributed by atoms with Crippen molar-refractivity contribution >= 4 is 27.0 Å². The summed E-state index contributed by atoms with van der Waals surface area (Å²) >= 11 is 1.44. The second kappa shape index (κ2) is 7.41. The van der Waals surface area contributed by atoms with Crippen molar-refractivity contribution in [2.75, 3.05) is 5.43 Å². The van der Waals surface area contributed by atoms with E-state index in [9.17, 15) is 17.6 Å². The van der Waals surface area contributed by atoms with Gasteiger partial charge < -0.3 is 5.43 Å². The van der Waals surface area contributed by atoms with Crippen LogP contribution in [0.5, 0.6) is 0 Å². The number of hydrogen-bond acceptors (Lipinski definition) is 3. The zero-order valence-corrected chi connectivity index (χ0v) is 18.0. The summed E-state index contributed by atoms with van der Waals surface area (Å²) in [6, 6.07) is 2.78. The van der Waals surface area contributed by atoms with Crippen molar-refractivity contribution < 1.29 is 17.6 Å². The second-order valence-corrected chi connectivity index (χ2v) is 8.74. The molecule has 0 aliphatic carbocycles. The molecule has 4 rings (SSSR count). The Morgan fingerprint density at radius 1 is 1.20 bits per heavy atom. The fraction of sp³-hybridized carbons (Fsp3) is 0.409. The molecule has 160 valence electrons. The SMILES string of the molecule is CCC(CC)C1=CC(C(F)(F)F)Nn2c1nc(C)c2-c1sc2ccc(F)cc2c1C. The highest BCUT2D eigenvalue weighted by Gasteiger charge is 2.43. The Kier molecular flexibility index (Phi) is 5.16. The molecule has 0 amide bonds. The Hall–Kier alpha value is -2.35. The van der Waals surface area contributed by atoms with E-state index >= 15 is 0 Å². The molecule has 0 spiro atoms. The molecule has 2 aromatic heterocycles. The van der Waals surface area contributed by atoms with Gasteiger partial charge in [0.15, 0.2) is 11.9 Å². The van der Waals surface area contributed by atoms with Gasteiger partial charge in [0.25, 0.3) is 0 Å². The number of fused-ring (bicyclic) bond motifs is 2. The monoisotopic (exact) mass is 437 g/mol. The van der Waals surface area contributed by atoms with E-state index in [1.54, 1.807) is 13.0 Å². The minimum Gasteiger partial charge on any atom is -0.308 e. The zero-order valence-electron chi connectivity index (χ0n) is 17.2. The first-order valence-electron chi connectivity index (χ1n) is 9.99. The van der Waals surface area contributed by atoms with E-state index in [1.165, 1.54) is 34.2 Å².